The third kappa shape index (κ3) is 5.59. The number of aromatic nitrogens is 4. The fourth-order valence-electron chi connectivity index (χ4n) is 5.02. The Morgan fingerprint density at radius 2 is 1.94 bits per heavy atom. The Kier molecular flexibility index (Phi) is 8.04. The summed E-state index contributed by atoms with van der Waals surface area (Å²) in [6.45, 7) is 7.09. The second-order valence-electron chi connectivity index (χ2n) is 9.84. The molecule has 2 atom stereocenters. The van der Waals surface area contributed by atoms with Crippen LogP contribution in [0.15, 0.2) is 42.5 Å². The molecule has 0 fully saturated rings. The molecule has 1 aromatic heterocycles. The molecule has 2 aromatic carbocycles. The van der Waals surface area contributed by atoms with E-state index in [1.165, 1.54) is 18.2 Å². The number of carbonyl (C=O) groups excluding carboxylic acids is 1. The van der Waals surface area contributed by atoms with E-state index >= 15 is 0 Å². The second kappa shape index (κ2) is 11.2. The monoisotopic (exact) mass is 492 g/mol. The van der Waals surface area contributed by atoms with Gasteiger partial charge in [-0.15, -0.1) is 10.2 Å². The fourth-order valence-corrected chi connectivity index (χ4v) is 5.02. The van der Waals surface area contributed by atoms with Gasteiger partial charge in [-0.05, 0) is 85.6 Å². The lowest BCUT2D eigenvalue weighted by molar-refractivity contribution is -0.152. The first-order valence-corrected chi connectivity index (χ1v) is 12.6. The summed E-state index contributed by atoms with van der Waals surface area (Å²) in [6.07, 6.45) is 3.28. The molecule has 36 heavy (non-hydrogen) atoms. The smallest absolute Gasteiger partial charge is 0.311 e. The van der Waals surface area contributed by atoms with E-state index in [4.69, 9.17) is 14.2 Å². The van der Waals surface area contributed by atoms with E-state index in [1.54, 1.807) is 11.9 Å². The van der Waals surface area contributed by atoms with Gasteiger partial charge in [0.2, 0.25) is 0 Å². The Morgan fingerprint density at radius 3 is 2.61 bits per heavy atom. The lowest BCUT2D eigenvalue weighted by atomic mass is 9.72. The molecule has 8 nitrogen and oxygen atoms in total. The number of rotatable bonds is 11. The molecule has 4 rings (SSSR count). The van der Waals surface area contributed by atoms with Crippen molar-refractivity contribution in [3.8, 4) is 5.75 Å². The third-order valence-corrected chi connectivity index (χ3v) is 7.22. The number of fused-ring (bicyclic) bond motifs is 1. The second-order valence-corrected chi connectivity index (χ2v) is 9.84. The molecule has 0 saturated heterocycles. The lowest BCUT2D eigenvalue weighted by Crippen LogP contribution is -2.33. The van der Waals surface area contributed by atoms with E-state index in [0.717, 1.165) is 29.7 Å². The van der Waals surface area contributed by atoms with Crippen LogP contribution in [0.2, 0.25) is 0 Å². The molecule has 0 N–H and O–H groups in total. The van der Waals surface area contributed by atoms with Gasteiger partial charge in [0.15, 0.2) is 5.82 Å². The fraction of sp³-hybridized carbons (Fsp3) is 0.500. The van der Waals surface area contributed by atoms with Crippen molar-refractivity contribution in [1.29, 1.82) is 0 Å². The number of esters is 1. The third-order valence-electron chi connectivity index (χ3n) is 7.22. The lowest BCUT2D eigenvalue weighted by Gasteiger charge is -2.32. The minimum absolute atomic E-state index is 0.0232. The molecule has 1 heterocycles. The van der Waals surface area contributed by atoms with E-state index in [0.29, 0.717) is 31.8 Å². The Bertz CT molecular complexity index is 1170. The Labute approximate surface area is 212 Å². The SMILES string of the molecule is CCn1nnc(CCC(c2ccc3c(c2)C(OCc2ccc(OC)cc2)CC3)C(C)(C)C(=O)OC)n1. The Hall–Kier alpha value is -3.26. The maximum Gasteiger partial charge on any atom is 0.311 e. The largest absolute Gasteiger partial charge is 0.497 e. The van der Waals surface area contributed by atoms with Crippen LogP contribution in [0.5, 0.6) is 5.75 Å². The van der Waals surface area contributed by atoms with E-state index in [-0.39, 0.29) is 18.0 Å². The normalized spacial score (nSPS) is 16.0. The summed E-state index contributed by atoms with van der Waals surface area (Å²) in [7, 11) is 3.11. The van der Waals surface area contributed by atoms with Crippen molar-refractivity contribution in [3.63, 3.8) is 0 Å². The first-order valence-electron chi connectivity index (χ1n) is 12.6. The van der Waals surface area contributed by atoms with Gasteiger partial charge in [0.1, 0.15) is 5.75 Å². The predicted molar refractivity (Wildman–Crippen MR) is 136 cm³/mol. The summed E-state index contributed by atoms with van der Waals surface area (Å²) in [5.41, 5.74) is 4.01. The molecule has 3 aromatic rings. The van der Waals surface area contributed by atoms with Crippen LogP contribution in [0, 0.1) is 5.41 Å². The highest BCUT2D eigenvalue weighted by Gasteiger charge is 2.39. The number of hydrogen-bond acceptors (Lipinski definition) is 7. The molecule has 8 heteroatoms. The van der Waals surface area contributed by atoms with Crippen LogP contribution in [0.3, 0.4) is 0 Å². The van der Waals surface area contributed by atoms with Crippen LogP contribution in [-0.4, -0.2) is 40.4 Å². The Balaban J connectivity index is 1.55. The summed E-state index contributed by atoms with van der Waals surface area (Å²) < 4.78 is 16.8. The van der Waals surface area contributed by atoms with E-state index in [9.17, 15) is 4.79 Å². The van der Waals surface area contributed by atoms with Gasteiger partial charge in [-0.3, -0.25) is 4.79 Å². The van der Waals surface area contributed by atoms with Gasteiger partial charge in [0.05, 0.1) is 38.9 Å². The number of ether oxygens (including phenoxy) is 3. The van der Waals surface area contributed by atoms with Crippen LogP contribution in [-0.2, 0) is 40.3 Å². The molecule has 0 amide bonds. The van der Waals surface area contributed by atoms with Gasteiger partial charge in [0, 0.05) is 6.42 Å². The molecule has 0 aliphatic heterocycles. The zero-order chi connectivity index (χ0) is 25.7. The minimum Gasteiger partial charge on any atom is -0.497 e. The number of tetrazole rings is 1. The van der Waals surface area contributed by atoms with Gasteiger partial charge in [-0.2, -0.15) is 4.80 Å². The number of hydrogen-bond donors (Lipinski definition) is 0. The molecule has 192 valence electrons. The van der Waals surface area contributed by atoms with Gasteiger partial charge >= 0.3 is 5.97 Å². The van der Waals surface area contributed by atoms with Crippen LogP contribution in [0.4, 0.5) is 0 Å². The highest BCUT2D eigenvalue weighted by atomic mass is 16.5. The van der Waals surface area contributed by atoms with Crippen molar-refractivity contribution < 1.29 is 19.0 Å². The standard InChI is InChI=1S/C28H36N4O4/c1-6-32-30-26(29-31-32)16-14-24(28(2,3)27(33)35-5)21-10-9-20-11-15-25(23(20)17-21)36-18-19-7-12-22(34-4)13-8-19/h7-10,12-13,17,24-25H,6,11,14-16,18H2,1-5H3. The van der Waals surface area contributed by atoms with Crippen molar-refractivity contribution in [3.05, 3.63) is 70.5 Å². The van der Waals surface area contributed by atoms with Crippen molar-refractivity contribution >= 4 is 5.97 Å². The first kappa shape index (κ1) is 25.8. The van der Waals surface area contributed by atoms with E-state index < -0.39 is 5.41 Å². The average Bonchev–Trinajstić information content (AvgIpc) is 3.53. The molecule has 1 aliphatic rings. The van der Waals surface area contributed by atoms with Crippen LogP contribution >= 0.6 is 0 Å². The first-order chi connectivity index (χ1) is 17.3. The van der Waals surface area contributed by atoms with E-state index in [1.807, 2.05) is 45.0 Å². The van der Waals surface area contributed by atoms with Crippen molar-refractivity contribution in [2.75, 3.05) is 14.2 Å². The number of carbonyl (C=O) groups is 1. The number of aryl methyl sites for hydroxylation is 3. The number of methoxy groups -OCH3 is 2. The summed E-state index contributed by atoms with van der Waals surface area (Å²) >= 11 is 0. The van der Waals surface area contributed by atoms with Crippen LogP contribution in [0.1, 0.15) is 73.7 Å². The highest BCUT2D eigenvalue weighted by molar-refractivity contribution is 5.77. The van der Waals surface area contributed by atoms with Crippen LogP contribution in [0.25, 0.3) is 0 Å². The summed E-state index contributed by atoms with van der Waals surface area (Å²) in [5, 5.41) is 12.7. The minimum atomic E-state index is -0.720. The van der Waals surface area contributed by atoms with Crippen molar-refractivity contribution in [2.24, 2.45) is 5.41 Å². The zero-order valence-electron chi connectivity index (χ0n) is 21.9. The van der Waals surface area contributed by atoms with Gasteiger partial charge in [-0.25, -0.2) is 0 Å². The maximum atomic E-state index is 12.8. The van der Waals surface area contributed by atoms with Gasteiger partial charge in [0.25, 0.3) is 0 Å². The van der Waals surface area contributed by atoms with Crippen LogP contribution < -0.4 is 4.74 Å². The quantitative estimate of drug-likeness (QED) is 0.355. The highest BCUT2D eigenvalue weighted by Crippen LogP contribution is 2.43. The summed E-state index contributed by atoms with van der Waals surface area (Å²) in [6, 6.07) is 14.5. The average molecular weight is 493 g/mol. The predicted octanol–water partition coefficient (Wildman–Crippen LogP) is 4.82. The molecule has 1 aliphatic carbocycles. The van der Waals surface area contributed by atoms with Crippen molar-refractivity contribution in [1.82, 2.24) is 20.2 Å². The summed E-state index contributed by atoms with van der Waals surface area (Å²) in [4.78, 5) is 14.4. The van der Waals surface area contributed by atoms with Crippen molar-refractivity contribution in [2.45, 2.75) is 71.6 Å². The maximum absolute atomic E-state index is 12.8. The molecule has 0 bridgehead atoms. The molecular weight excluding hydrogens is 456 g/mol. The molecule has 0 radical (unpaired) electrons. The summed E-state index contributed by atoms with van der Waals surface area (Å²) in [5.74, 6) is 1.21. The number of benzene rings is 2. The topological polar surface area (TPSA) is 88.4 Å². The zero-order valence-corrected chi connectivity index (χ0v) is 21.9. The molecule has 0 spiro atoms. The van der Waals surface area contributed by atoms with Gasteiger partial charge < -0.3 is 14.2 Å². The molecule has 2 unspecified atom stereocenters. The molecule has 0 saturated carbocycles. The van der Waals surface area contributed by atoms with Gasteiger partial charge in [-0.1, -0.05) is 30.3 Å². The Morgan fingerprint density at radius 1 is 1.17 bits per heavy atom. The molecular formula is C28H36N4O4. The van der Waals surface area contributed by atoms with E-state index in [2.05, 4.69) is 33.6 Å². The number of nitrogens with zero attached hydrogens (tertiary/aromatic N) is 4.